The quantitative estimate of drug-likeness (QED) is 0.328. The molecule has 5 rings (SSSR count). The van der Waals surface area contributed by atoms with Gasteiger partial charge in [-0.15, -0.1) is 11.3 Å². The minimum absolute atomic E-state index is 0.173. The number of amides is 1. The first-order chi connectivity index (χ1) is 16.3. The molecule has 6 nitrogen and oxygen atoms in total. The van der Waals surface area contributed by atoms with Crippen LogP contribution in [0.5, 0.6) is 5.75 Å². The molecule has 0 bridgehead atoms. The Labute approximate surface area is 200 Å². The number of hydrogen-bond acceptors (Lipinski definition) is 6. The second-order valence-corrected chi connectivity index (χ2v) is 8.83. The Morgan fingerprint density at radius 3 is 2.68 bits per heavy atom. The zero-order valence-corrected chi connectivity index (χ0v) is 18.9. The summed E-state index contributed by atoms with van der Waals surface area (Å²) in [6.45, 7) is 0. The molecule has 0 aliphatic carbocycles. The molecule has 0 spiro atoms. The minimum Gasteiger partial charge on any atom is -0.503 e. The van der Waals surface area contributed by atoms with Crippen molar-refractivity contribution in [3.05, 3.63) is 92.5 Å². The van der Waals surface area contributed by atoms with Gasteiger partial charge in [0.05, 0.1) is 18.4 Å². The van der Waals surface area contributed by atoms with Crippen molar-refractivity contribution >= 4 is 51.3 Å². The first-order valence-electron chi connectivity index (χ1n) is 9.87. The zero-order chi connectivity index (χ0) is 24.1. The lowest BCUT2D eigenvalue weighted by atomic mass is 10.00. The van der Waals surface area contributed by atoms with Crippen LogP contribution >= 0.6 is 22.9 Å². The van der Waals surface area contributed by atoms with Gasteiger partial charge in [-0.2, -0.15) is 0 Å². The van der Waals surface area contributed by atoms with Crippen LogP contribution in [0.2, 0.25) is 5.02 Å². The molecule has 1 aliphatic rings. The molecular formula is C24H14ClF2NO5S. The lowest BCUT2D eigenvalue weighted by molar-refractivity contribution is -0.117. The molecule has 1 amide bonds. The molecule has 0 saturated carbocycles. The second-order valence-electron chi connectivity index (χ2n) is 7.42. The zero-order valence-electron chi connectivity index (χ0n) is 17.3. The molecule has 1 atom stereocenters. The standard InChI is InChI=1S/C24H14ClF2NO5S/c1-32-17-9-12(25)7-11-8-16(33-23(11)17)21(29)19-20(18-3-2-6-34-18)28(24(31)22(19)30)15-5-4-13(26)10-14(15)27/h2-10,20,30H,1H3. The first kappa shape index (κ1) is 22.1. The SMILES string of the molecule is COc1cc(Cl)cc2cc(C(=O)C3=C(O)C(=O)N(c4ccc(F)cc4F)C3c3cccs3)oc12. The van der Waals surface area contributed by atoms with Gasteiger partial charge in [-0.1, -0.05) is 17.7 Å². The second kappa shape index (κ2) is 8.27. The molecule has 10 heteroatoms. The van der Waals surface area contributed by atoms with E-state index in [0.29, 0.717) is 27.1 Å². The van der Waals surface area contributed by atoms with Crippen LogP contribution in [0.1, 0.15) is 21.5 Å². The Hall–Kier alpha value is -3.69. The average molecular weight is 502 g/mol. The van der Waals surface area contributed by atoms with Gasteiger partial charge >= 0.3 is 0 Å². The third-order valence-electron chi connectivity index (χ3n) is 5.43. The van der Waals surface area contributed by atoms with Crippen LogP contribution in [0.25, 0.3) is 11.0 Å². The molecule has 1 aliphatic heterocycles. The number of Topliss-reactive ketones (excluding diaryl/α,β-unsaturated/α-hetero) is 1. The van der Waals surface area contributed by atoms with Gasteiger partial charge in [0.2, 0.25) is 5.78 Å². The summed E-state index contributed by atoms with van der Waals surface area (Å²) in [6, 6.07) is 9.39. The van der Waals surface area contributed by atoms with Crippen molar-refractivity contribution in [3.63, 3.8) is 0 Å². The highest BCUT2D eigenvalue weighted by atomic mass is 35.5. The number of fused-ring (bicyclic) bond motifs is 1. The Balaban J connectivity index is 1.66. The summed E-state index contributed by atoms with van der Waals surface area (Å²) >= 11 is 7.30. The number of ketones is 1. The van der Waals surface area contributed by atoms with Gasteiger partial charge in [-0.3, -0.25) is 14.5 Å². The number of methoxy groups -OCH3 is 1. The number of anilines is 1. The van der Waals surface area contributed by atoms with Crippen molar-refractivity contribution in [2.24, 2.45) is 0 Å². The van der Waals surface area contributed by atoms with Gasteiger partial charge < -0.3 is 14.3 Å². The van der Waals surface area contributed by atoms with E-state index in [1.54, 1.807) is 23.6 Å². The van der Waals surface area contributed by atoms with E-state index in [2.05, 4.69) is 0 Å². The molecule has 0 saturated heterocycles. The lowest BCUT2D eigenvalue weighted by Gasteiger charge is -2.25. The Kier molecular flexibility index (Phi) is 5.38. The molecule has 2 aromatic heterocycles. The van der Waals surface area contributed by atoms with Crippen molar-refractivity contribution in [1.29, 1.82) is 0 Å². The number of nitrogens with zero attached hydrogens (tertiary/aromatic N) is 1. The maximum absolute atomic E-state index is 14.7. The highest BCUT2D eigenvalue weighted by Gasteiger charge is 2.46. The van der Waals surface area contributed by atoms with Crippen molar-refractivity contribution in [1.82, 2.24) is 0 Å². The van der Waals surface area contributed by atoms with E-state index in [9.17, 15) is 23.5 Å². The fourth-order valence-electron chi connectivity index (χ4n) is 3.96. The summed E-state index contributed by atoms with van der Waals surface area (Å²) in [5.74, 6) is -4.34. The predicted molar refractivity (Wildman–Crippen MR) is 123 cm³/mol. The maximum atomic E-state index is 14.7. The van der Waals surface area contributed by atoms with E-state index in [1.807, 2.05) is 0 Å². The third kappa shape index (κ3) is 3.44. The molecule has 1 unspecified atom stereocenters. The number of aliphatic hydroxyl groups excluding tert-OH is 1. The van der Waals surface area contributed by atoms with Gasteiger partial charge in [0.1, 0.15) is 17.7 Å². The minimum atomic E-state index is -1.15. The normalized spacial score (nSPS) is 16.1. The summed E-state index contributed by atoms with van der Waals surface area (Å²) in [5, 5.41) is 13.3. The van der Waals surface area contributed by atoms with E-state index in [0.717, 1.165) is 17.0 Å². The number of rotatable bonds is 5. The molecule has 172 valence electrons. The molecule has 2 aromatic carbocycles. The Morgan fingerprint density at radius 2 is 2.00 bits per heavy atom. The average Bonchev–Trinajstić information content (AvgIpc) is 3.52. The Bertz CT molecular complexity index is 1490. The maximum Gasteiger partial charge on any atom is 0.294 e. The number of thiophene rings is 1. The first-order valence-corrected chi connectivity index (χ1v) is 11.1. The summed E-state index contributed by atoms with van der Waals surface area (Å²) in [7, 11) is 1.42. The van der Waals surface area contributed by atoms with Crippen molar-refractivity contribution in [2.75, 3.05) is 12.0 Å². The van der Waals surface area contributed by atoms with Crippen LogP contribution in [0.15, 0.2) is 69.7 Å². The molecule has 0 radical (unpaired) electrons. The predicted octanol–water partition coefficient (Wildman–Crippen LogP) is 6.22. The highest BCUT2D eigenvalue weighted by Crippen LogP contribution is 2.45. The van der Waals surface area contributed by atoms with Crippen LogP contribution in [0.3, 0.4) is 0 Å². The van der Waals surface area contributed by atoms with Crippen LogP contribution in [-0.4, -0.2) is 23.9 Å². The van der Waals surface area contributed by atoms with Crippen LogP contribution in [-0.2, 0) is 4.79 Å². The lowest BCUT2D eigenvalue weighted by Crippen LogP contribution is -2.31. The van der Waals surface area contributed by atoms with E-state index >= 15 is 0 Å². The van der Waals surface area contributed by atoms with Crippen molar-refractivity contribution < 1.29 is 32.6 Å². The molecule has 4 aromatic rings. The Morgan fingerprint density at radius 1 is 1.21 bits per heavy atom. The van der Waals surface area contributed by atoms with Crippen molar-refractivity contribution in [3.8, 4) is 5.75 Å². The van der Waals surface area contributed by atoms with Crippen LogP contribution in [0.4, 0.5) is 14.5 Å². The van der Waals surface area contributed by atoms with Gasteiger partial charge in [-0.25, -0.2) is 8.78 Å². The number of furan rings is 1. The largest absolute Gasteiger partial charge is 0.503 e. The molecular weight excluding hydrogens is 488 g/mol. The van der Waals surface area contributed by atoms with E-state index in [4.69, 9.17) is 20.8 Å². The number of hydrogen-bond donors (Lipinski definition) is 1. The summed E-state index contributed by atoms with van der Waals surface area (Å²) in [5.41, 5.74) is -0.314. The summed E-state index contributed by atoms with van der Waals surface area (Å²) < 4.78 is 39.2. The van der Waals surface area contributed by atoms with Crippen LogP contribution in [0, 0.1) is 11.6 Å². The number of carbonyl (C=O) groups excluding carboxylic acids is 2. The van der Waals surface area contributed by atoms with E-state index in [-0.39, 0.29) is 22.6 Å². The van der Waals surface area contributed by atoms with Crippen molar-refractivity contribution in [2.45, 2.75) is 6.04 Å². The topological polar surface area (TPSA) is 80.0 Å². The number of aliphatic hydroxyl groups is 1. The third-order valence-corrected chi connectivity index (χ3v) is 6.57. The number of halogens is 3. The van der Waals surface area contributed by atoms with Gasteiger partial charge in [0.25, 0.3) is 5.91 Å². The number of ether oxygens (including phenoxy) is 1. The van der Waals surface area contributed by atoms with Gasteiger partial charge in [0.15, 0.2) is 22.9 Å². The molecule has 0 fully saturated rings. The van der Waals surface area contributed by atoms with Gasteiger partial charge in [0, 0.05) is 27.4 Å². The van der Waals surface area contributed by atoms with Gasteiger partial charge in [-0.05, 0) is 35.7 Å². The van der Waals surface area contributed by atoms with Crippen LogP contribution < -0.4 is 9.64 Å². The smallest absolute Gasteiger partial charge is 0.294 e. The fraction of sp³-hybridized carbons (Fsp3) is 0.0833. The fourth-order valence-corrected chi connectivity index (χ4v) is 5.00. The summed E-state index contributed by atoms with van der Waals surface area (Å²) in [6.07, 6.45) is 0. The number of carbonyl (C=O) groups is 2. The van der Waals surface area contributed by atoms with E-state index in [1.165, 1.54) is 30.6 Å². The molecule has 1 N–H and O–H groups in total. The molecule has 3 heterocycles. The monoisotopic (exact) mass is 501 g/mol. The highest BCUT2D eigenvalue weighted by molar-refractivity contribution is 7.10. The molecule has 34 heavy (non-hydrogen) atoms. The van der Waals surface area contributed by atoms with E-state index < -0.39 is 35.1 Å². The number of benzene rings is 2. The summed E-state index contributed by atoms with van der Waals surface area (Å²) in [4.78, 5) is 28.0.